The SMILES string of the molecule is CC1([PH](=O)OC2CCCCC2)CCCCC1. The summed E-state index contributed by atoms with van der Waals surface area (Å²) < 4.78 is 18.2. The fraction of sp³-hybridized carbons (Fsp3) is 1.00. The summed E-state index contributed by atoms with van der Waals surface area (Å²) in [6, 6.07) is 0. The van der Waals surface area contributed by atoms with E-state index in [0.29, 0.717) is 6.10 Å². The van der Waals surface area contributed by atoms with Gasteiger partial charge in [-0.15, -0.1) is 0 Å². The van der Waals surface area contributed by atoms with Crippen molar-refractivity contribution >= 4 is 8.03 Å². The molecule has 0 N–H and O–H groups in total. The Hall–Kier alpha value is 0.190. The lowest BCUT2D eigenvalue weighted by atomic mass is 9.90. The lowest BCUT2D eigenvalue weighted by Gasteiger charge is -2.34. The molecule has 0 radical (unpaired) electrons. The zero-order valence-corrected chi connectivity index (χ0v) is 11.5. The van der Waals surface area contributed by atoms with Crippen LogP contribution >= 0.6 is 8.03 Å². The Morgan fingerprint density at radius 3 is 2.19 bits per heavy atom. The van der Waals surface area contributed by atoms with Gasteiger partial charge in [-0.2, -0.15) is 0 Å². The first-order valence-electron chi connectivity index (χ1n) is 6.92. The molecule has 2 aliphatic carbocycles. The van der Waals surface area contributed by atoms with Gasteiger partial charge in [0.25, 0.3) is 0 Å². The lowest BCUT2D eigenvalue weighted by Crippen LogP contribution is -2.26. The minimum absolute atomic E-state index is 0.0142. The van der Waals surface area contributed by atoms with Gasteiger partial charge in [-0.1, -0.05) is 45.4 Å². The molecule has 0 heterocycles. The molecular weight excluding hydrogens is 219 g/mol. The second-order valence-corrected chi connectivity index (χ2v) is 7.80. The summed E-state index contributed by atoms with van der Waals surface area (Å²) in [5.74, 6) is 0. The average Bonchev–Trinajstić information content (AvgIpc) is 2.31. The van der Waals surface area contributed by atoms with Gasteiger partial charge in [0.1, 0.15) is 0 Å². The Morgan fingerprint density at radius 1 is 1.00 bits per heavy atom. The molecule has 0 amide bonds. The van der Waals surface area contributed by atoms with Crippen LogP contribution in [0, 0.1) is 0 Å². The fourth-order valence-electron chi connectivity index (χ4n) is 3.01. The zero-order valence-electron chi connectivity index (χ0n) is 10.5. The summed E-state index contributed by atoms with van der Waals surface area (Å²) in [6.45, 7) is 2.18. The van der Waals surface area contributed by atoms with Gasteiger partial charge in [0, 0.05) is 5.16 Å². The highest BCUT2D eigenvalue weighted by Gasteiger charge is 2.35. The molecule has 2 fully saturated rings. The lowest BCUT2D eigenvalue weighted by molar-refractivity contribution is 0.156. The first kappa shape index (κ1) is 12.6. The Balaban J connectivity index is 1.85. The van der Waals surface area contributed by atoms with Gasteiger partial charge >= 0.3 is 0 Å². The highest BCUT2D eigenvalue weighted by atomic mass is 31.1. The van der Waals surface area contributed by atoms with Crippen LogP contribution in [0.15, 0.2) is 0 Å². The zero-order chi connectivity index (χ0) is 11.4. The van der Waals surface area contributed by atoms with Gasteiger partial charge in [0.2, 0.25) is 0 Å². The molecule has 2 nitrogen and oxygen atoms in total. The highest BCUT2D eigenvalue weighted by molar-refractivity contribution is 7.41. The molecule has 0 aromatic rings. The van der Waals surface area contributed by atoms with Crippen LogP contribution in [0.5, 0.6) is 0 Å². The van der Waals surface area contributed by atoms with E-state index in [2.05, 4.69) is 6.92 Å². The van der Waals surface area contributed by atoms with Gasteiger partial charge in [0.05, 0.1) is 6.10 Å². The van der Waals surface area contributed by atoms with E-state index in [0.717, 1.165) is 25.7 Å². The van der Waals surface area contributed by atoms with Crippen molar-refractivity contribution in [1.29, 1.82) is 0 Å². The van der Waals surface area contributed by atoms with Crippen molar-refractivity contribution in [2.75, 3.05) is 0 Å². The van der Waals surface area contributed by atoms with E-state index in [9.17, 15) is 4.57 Å². The Labute approximate surface area is 100 Å². The molecule has 0 aliphatic heterocycles. The molecule has 2 saturated carbocycles. The topological polar surface area (TPSA) is 26.3 Å². The van der Waals surface area contributed by atoms with Crippen LogP contribution < -0.4 is 0 Å². The van der Waals surface area contributed by atoms with E-state index in [4.69, 9.17) is 4.52 Å². The van der Waals surface area contributed by atoms with Gasteiger partial charge in [-0.05, 0) is 25.7 Å². The third kappa shape index (κ3) is 3.11. The van der Waals surface area contributed by atoms with E-state index in [1.54, 1.807) is 0 Å². The van der Waals surface area contributed by atoms with Crippen LogP contribution in [0.1, 0.15) is 71.1 Å². The molecule has 1 unspecified atom stereocenters. The van der Waals surface area contributed by atoms with Crippen LogP contribution in [-0.2, 0) is 9.09 Å². The third-order valence-corrected chi connectivity index (χ3v) is 6.31. The molecular formula is C13H25O2P. The Bertz CT molecular complexity index is 240. The summed E-state index contributed by atoms with van der Waals surface area (Å²) in [4.78, 5) is 0. The number of hydrogen-bond acceptors (Lipinski definition) is 2. The molecule has 16 heavy (non-hydrogen) atoms. The van der Waals surface area contributed by atoms with Crippen molar-refractivity contribution in [1.82, 2.24) is 0 Å². The van der Waals surface area contributed by atoms with Crippen molar-refractivity contribution < 1.29 is 9.09 Å². The van der Waals surface area contributed by atoms with Crippen molar-refractivity contribution in [2.45, 2.75) is 82.4 Å². The molecule has 94 valence electrons. The largest absolute Gasteiger partial charge is 0.327 e. The maximum Gasteiger partial charge on any atom is 0.197 e. The quantitative estimate of drug-likeness (QED) is 0.681. The molecule has 3 heteroatoms. The van der Waals surface area contributed by atoms with Gasteiger partial charge in [0.15, 0.2) is 8.03 Å². The Kier molecular flexibility index (Phi) is 4.49. The standard InChI is InChI=1S/C13H25O2P/c1-13(10-6-3-7-11-13)16(14)15-12-8-4-2-5-9-12/h12,16H,2-11H2,1H3. The normalized spacial score (nSPS) is 28.8. The van der Waals surface area contributed by atoms with Crippen LogP contribution in [0.4, 0.5) is 0 Å². The second kappa shape index (κ2) is 5.69. The number of hydrogen-bond donors (Lipinski definition) is 0. The minimum Gasteiger partial charge on any atom is -0.327 e. The maximum atomic E-state index is 12.4. The summed E-state index contributed by atoms with van der Waals surface area (Å²) in [5, 5.41) is 0.0142. The van der Waals surface area contributed by atoms with Crippen LogP contribution in [0.25, 0.3) is 0 Å². The van der Waals surface area contributed by atoms with Gasteiger partial charge in [-0.3, -0.25) is 4.57 Å². The molecule has 0 spiro atoms. The fourth-order valence-corrected chi connectivity index (χ4v) is 4.60. The first-order chi connectivity index (χ1) is 7.71. The molecule has 1 atom stereocenters. The van der Waals surface area contributed by atoms with Crippen LogP contribution in [0.2, 0.25) is 0 Å². The predicted molar refractivity (Wildman–Crippen MR) is 68.4 cm³/mol. The van der Waals surface area contributed by atoms with E-state index in [-0.39, 0.29) is 5.16 Å². The third-order valence-electron chi connectivity index (χ3n) is 4.28. The smallest absolute Gasteiger partial charge is 0.197 e. The van der Waals surface area contributed by atoms with E-state index >= 15 is 0 Å². The van der Waals surface area contributed by atoms with Crippen molar-refractivity contribution in [3.05, 3.63) is 0 Å². The van der Waals surface area contributed by atoms with Crippen molar-refractivity contribution in [3.8, 4) is 0 Å². The van der Waals surface area contributed by atoms with Crippen molar-refractivity contribution in [3.63, 3.8) is 0 Å². The minimum atomic E-state index is -1.84. The van der Waals surface area contributed by atoms with Crippen LogP contribution in [-0.4, -0.2) is 11.3 Å². The Morgan fingerprint density at radius 2 is 1.56 bits per heavy atom. The van der Waals surface area contributed by atoms with Gasteiger partial charge in [-0.25, -0.2) is 0 Å². The molecule has 0 bridgehead atoms. The first-order valence-corrected chi connectivity index (χ1v) is 8.23. The second-order valence-electron chi connectivity index (χ2n) is 5.79. The molecule has 0 aromatic carbocycles. The van der Waals surface area contributed by atoms with Crippen molar-refractivity contribution in [2.24, 2.45) is 0 Å². The number of rotatable bonds is 3. The van der Waals surface area contributed by atoms with E-state index in [1.165, 1.54) is 38.5 Å². The highest BCUT2D eigenvalue weighted by Crippen LogP contribution is 2.50. The summed E-state index contributed by atoms with van der Waals surface area (Å²) >= 11 is 0. The monoisotopic (exact) mass is 244 g/mol. The van der Waals surface area contributed by atoms with E-state index in [1.807, 2.05) is 0 Å². The predicted octanol–water partition coefficient (Wildman–Crippen LogP) is 4.53. The molecule has 0 aromatic heterocycles. The molecule has 2 rings (SSSR count). The summed E-state index contributed by atoms with van der Waals surface area (Å²) in [6.07, 6.45) is 12.4. The summed E-state index contributed by atoms with van der Waals surface area (Å²) in [7, 11) is -1.84. The average molecular weight is 244 g/mol. The van der Waals surface area contributed by atoms with Crippen LogP contribution in [0.3, 0.4) is 0 Å². The summed E-state index contributed by atoms with van der Waals surface area (Å²) in [5.41, 5.74) is 0. The molecule has 2 aliphatic rings. The molecule has 0 saturated heterocycles. The van der Waals surface area contributed by atoms with E-state index < -0.39 is 8.03 Å². The van der Waals surface area contributed by atoms with Gasteiger partial charge < -0.3 is 4.52 Å². The maximum absolute atomic E-state index is 12.4.